The zero-order valence-electron chi connectivity index (χ0n) is 17.1. The summed E-state index contributed by atoms with van der Waals surface area (Å²) in [4.78, 5) is 30.7. The molecule has 2 fully saturated rings. The van der Waals surface area contributed by atoms with Crippen LogP contribution < -0.4 is 0 Å². The van der Waals surface area contributed by atoms with E-state index in [0.717, 1.165) is 44.7 Å². The minimum Gasteiger partial charge on any atom is -0.481 e. The monoisotopic (exact) mass is 391 g/mol. The number of amides is 1. The van der Waals surface area contributed by atoms with Gasteiger partial charge < -0.3 is 14.9 Å². The molecule has 0 aliphatic carbocycles. The van der Waals surface area contributed by atoms with E-state index >= 15 is 0 Å². The zero-order chi connectivity index (χ0) is 20.1. The Morgan fingerprint density at radius 1 is 1.14 bits per heavy atom. The van der Waals surface area contributed by atoms with E-state index in [4.69, 9.17) is 5.11 Å². The van der Waals surface area contributed by atoms with Gasteiger partial charge in [-0.15, -0.1) is 0 Å². The number of likely N-dealkylation sites (tertiary alicyclic amines) is 1. The summed E-state index contributed by atoms with van der Waals surface area (Å²) in [5.41, 5.74) is 1.07. The Balaban J connectivity index is 1.57. The van der Waals surface area contributed by atoms with Crippen molar-refractivity contribution >= 4 is 11.9 Å². The van der Waals surface area contributed by atoms with Gasteiger partial charge in [0, 0.05) is 71.4 Å². The zero-order valence-corrected chi connectivity index (χ0v) is 17.1. The van der Waals surface area contributed by atoms with E-state index in [1.807, 2.05) is 24.3 Å². The topological polar surface area (TPSA) is 81.9 Å². The number of carbonyl (C=O) groups is 2. The standard InChI is InChI=1S/C20H33N5O3/c1-22-9-11-24(12-10-22)18-7-8-25(15-17(18)4-6-20(27)28)19(26)5-3-16-13-21-23(2)14-16/h13-14,17-18H,3-12,15H2,1-2H3,(H,27,28)/t17-,18+/m0/s1. The van der Waals surface area contributed by atoms with Crippen LogP contribution in [0.4, 0.5) is 0 Å². The fourth-order valence-electron chi connectivity index (χ4n) is 4.48. The number of hydrogen-bond donors (Lipinski definition) is 1. The maximum Gasteiger partial charge on any atom is 0.303 e. The second-order valence-corrected chi connectivity index (χ2v) is 8.25. The van der Waals surface area contributed by atoms with Crippen LogP contribution in [0.3, 0.4) is 0 Å². The first-order chi connectivity index (χ1) is 13.4. The van der Waals surface area contributed by atoms with Gasteiger partial charge in [-0.05, 0) is 37.8 Å². The molecule has 8 heteroatoms. The summed E-state index contributed by atoms with van der Waals surface area (Å²) >= 11 is 0. The number of carbonyl (C=O) groups excluding carboxylic acids is 1. The number of likely N-dealkylation sites (N-methyl/N-ethyl adjacent to an activating group) is 1. The Morgan fingerprint density at radius 2 is 1.89 bits per heavy atom. The number of piperazine rings is 1. The number of aryl methyl sites for hydroxylation is 2. The van der Waals surface area contributed by atoms with Crippen LogP contribution in [0.5, 0.6) is 0 Å². The fraction of sp³-hybridized carbons (Fsp3) is 0.750. The summed E-state index contributed by atoms with van der Waals surface area (Å²) in [5.74, 6) is -0.353. The van der Waals surface area contributed by atoms with Crippen molar-refractivity contribution in [3.63, 3.8) is 0 Å². The molecule has 1 N–H and O–H groups in total. The van der Waals surface area contributed by atoms with E-state index < -0.39 is 5.97 Å². The Labute approximate surface area is 167 Å². The van der Waals surface area contributed by atoms with E-state index in [1.54, 1.807) is 4.68 Å². The van der Waals surface area contributed by atoms with Gasteiger partial charge in [0.05, 0.1) is 6.20 Å². The van der Waals surface area contributed by atoms with Crippen molar-refractivity contribution in [1.29, 1.82) is 0 Å². The Hall–Kier alpha value is -1.93. The third-order valence-corrected chi connectivity index (χ3v) is 6.17. The van der Waals surface area contributed by atoms with Crippen LogP contribution in [0.15, 0.2) is 12.4 Å². The lowest BCUT2D eigenvalue weighted by Crippen LogP contribution is -2.57. The lowest BCUT2D eigenvalue weighted by molar-refractivity contribution is -0.138. The Morgan fingerprint density at radius 3 is 2.54 bits per heavy atom. The molecule has 0 aromatic carbocycles. The highest BCUT2D eigenvalue weighted by Crippen LogP contribution is 2.27. The van der Waals surface area contributed by atoms with Crippen LogP contribution >= 0.6 is 0 Å². The van der Waals surface area contributed by atoms with Crippen LogP contribution in [0, 0.1) is 5.92 Å². The summed E-state index contributed by atoms with van der Waals surface area (Å²) in [6, 6.07) is 0.385. The number of nitrogens with zero attached hydrogens (tertiary/aromatic N) is 5. The van der Waals surface area contributed by atoms with Gasteiger partial charge in [-0.25, -0.2) is 0 Å². The van der Waals surface area contributed by atoms with E-state index in [0.29, 0.717) is 31.8 Å². The highest BCUT2D eigenvalue weighted by molar-refractivity contribution is 5.76. The molecule has 2 aliphatic heterocycles. The Kier molecular flexibility index (Phi) is 7.07. The molecule has 2 atom stereocenters. The van der Waals surface area contributed by atoms with Gasteiger partial charge in [-0.1, -0.05) is 0 Å². The van der Waals surface area contributed by atoms with E-state index in [9.17, 15) is 9.59 Å². The molecule has 1 amide bonds. The van der Waals surface area contributed by atoms with Gasteiger partial charge in [0.2, 0.25) is 5.91 Å². The van der Waals surface area contributed by atoms with Gasteiger partial charge in [-0.2, -0.15) is 5.10 Å². The van der Waals surface area contributed by atoms with Gasteiger partial charge in [0.1, 0.15) is 0 Å². The number of aromatic nitrogens is 2. The van der Waals surface area contributed by atoms with Crippen molar-refractivity contribution in [1.82, 2.24) is 24.5 Å². The third kappa shape index (κ3) is 5.54. The van der Waals surface area contributed by atoms with Crippen molar-refractivity contribution in [2.45, 2.75) is 38.1 Å². The molecule has 8 nitrogen and oxygen atoms in total. The van der Waals surface area contributed by atoms with Crippen LogP contribution in [0.1, 0.15) is 31.2 Å². The molecule has 0 radical (unpaired) electrons. The number of hydrogen-bond acceptors (Lipinski definition) is 5. The van der Waals surface area contributed by atoms with Crippen molar-refractivity contribution in [3.05, 3.63) is 18.0 Å². The van der Waals surface area contributed by atoms with Crippen LogP contribution in [-0.2, 0) is 23.1 Å². The van der Waals surface area contributed by atoms with Gasteiger partial charge in [0.15, 0.2) is 0 Å². The number of rotatable bonds is 7. The van der Waals surface area contributed by atoms with Crippen LogP contribution in [-0.4, -0.2) is 93.8 Å². The molecule has 156 valence electrons. The minimum absolute atomic E-state index is 0.168. The van der Waals surface area contributed by atoms with Crippen molar-refractivity contribution in [2.75, 3.05) is 46.3 Å². The minimum atomic E-state index is -0.753. The summed E-state index contributed by atoms with van der Waals surface area (Å²) in [6.45, 7) is 5.60. The molecule has 0 unspecified atom stereocenters. The molecule has 0 bridgehead atoms. The van der Waals surface area contributed by atoms with Gasteiger partial charge in [-0.3, -0.25) is 19.2 Å². The normalized spacial score (nSPS) is 24.4. The van der Waals surface area contributed by atoms with Crippen LogP contribution in [0.2, 0.25) is 0 Å². The maximum absolute atomic E-state index is 12.7. The predicted octanol–water partition coefficient (Wildman–Crippen LogP) is 0.682. The molecule has 0 spiro atoms. The summed E-state index contributed by atoms with van der Waals surface area (Å²) in [5, 5.41) is 13.3. The van der Waals surface area contributed by atoms with E-state index in [1.165, 1.54) is 0 Å². The number of aliphatic carboxylic acids is 1. The third-order valence-electron chi connectivity index (χ3n) is 6.17. The highest BCUT2D eigenvalue weighted by atomic mass is 16.4. The average Bonchev–Trinajstić information content (AvgIpc) is 3.10. The molecule has 0 saturated carbocycles. The first-order valence-electron chi connectivity index (χ1n) is 10.3. The van der Waals surface area contributed by atoms with E-state index in [-0.39, 0.29) is 18.2 Å². The molecule has 2 aliphatic rings. The summed E-state index contributed by atoms with van der Waals surface area (Å²) < 4.78 is 1.75. The molecular weight excluding hydrogens is 358 g/mol. The molecule has 1 aromatic rings. The van der Waals surface area contributed by atoms with Gasteiger partial charge >= 0.3 is 5.97 Å². The van der Waals surface area contributed by atoms with Crippen molar-refractivity contribution < 1.29 is 14.7 Å². The summed E-state index contributed by atoms with van der Waals surface area (Å²) in [7, 11) is 4.02. The lowest BCUT2D eigenvalue weighted by Gasteiger charge is -2.46. The second-order valence-electron chi connectivity index (χ2n) is 8.25. The quantitative estimate of drug-likeness (QED) is 0.736. The average molecular weight is 392 g/mol. The largest absolute Gasteiger partial charge is 0.481 e. The molecule has 1 aromatic heterocycles. The van der Waals surface area contributed by atoms with Crippen LogP contribution in [0.25, 0.3) is 0 Å². The second kappa shape index (κ2) is 9.52. The molecule has 3 heterocycles. The van der Waals surface area contributed by atoms with Crippen molar-refractivity contribution in [2.24, 2.45) is 13.0 Å². The number of piperidine rings is 1. The molecular formula is C20H33N5O3. The van der Waals surface area contributed by atoms with Crippen molar-refractivity contribution in [3.8, 4) is 0 Å². The first kappa shape index (κ1) is 20.8. The number of carboxylic acids is 1. The van der Waals surface area contributed by atoms with E-state index in [2.05, 4.69) is 21.9 Å². The highest BCUT2D eigenvalue weighted by Gasteiger charge is 2.35. The smallest absolute Gasteiger partial charge is 0.303 e. The maximum atomic E-state index is 12.7. The summed E-state index contributed by atoms with van der Waals surface area (Å²) in [6.07, 6.45) is 6.68. The molecule has 28 heavy (non-hydrogen) atoms. The van der Waals surface area contributed by atoms with Gasteiger partial charge in [0.25, 0.3) is 0 Å². The first-order valence-corrected chi connectivity index (χ1v) is 10.3. The SMILES string of the molecule is CN1CCN([C@@H]2CCN(C(=O)CCc3cnn(C)c3)C[C@@H]2CCC(=O)O)CC1. The fourth-order valence-corrected chi connectivity index (χ4v) is 4.48. The predicted molar refractivity (Wildman–Crippen MR) is 106 cm³/mol. The Bertz CT molecular complexity index is 669. The molecule has 2 saturated heterocycles. The number of carboxylic acid groups (broad SMARTS) is 1. The lowest BCUT2D eigenvalue weighted by atomic mass is 9.86. The molecule has 3 rings (SSSR count).